The average Bonchev–Trinajstić information content (AvgIpc) is 2.98. The molecule has 1 spiro atoms. The number of amides is 3. The van der Waals surface area contributed by atoms with Crippen LogP contribution in [0, 0.1) is 11.8 Å². The Bertz CT molecular complexity index is 1370. The van der Waals surface area contributed by atoms with Crippen LogP contribution in [-0.4, -0.2) is 45.4 Å². The number of anilines is 2. The second-order valence-electron chi connectivity index (χ2n) is 9.45. The predicted molar refractivity (Wildman–Crippen MR) is 123 cm³/mol. The summed E-state index contributed by atoms with van der Waals surface area (Å²) in [4.78, 5) is 48.2. The number of hydrogen-bond acceptors (Lipinski definition) is 5. The molecule has 1 saturated carbocycles. The number of carbonyl (C=O) groups excluding carboxylic acids is 3. The number of imide groups is 1. The van der Waals surface area contributed by atoms with Crippen molar-refractivity contribution in [1.29, 1.82) is 0 Å². The lowest BCUT2D eigenvalue weighted by Gasteiger charge is -2.37. The monoisotopic (exact) mass is 540 g/mol. The lowest BCUT2D eigenvalue weighted by Crippen LogP contribution is -2.55. The van der Waals surface area contributed by atoms with Gasteiger partial charge in [-0.05, 0) is 24.6 Å². The molecule has 5 unspecified atom stereocenters. The minimum Gasteiger partial charge on any atom is -0.323 e. The molecule has 12 heteroatoms. The number of fused-ring (bicyclic) bond motifs is 9. The first kappa shape index (κ1) is 21.3. The van der Waals surface area contributed by atoms with E-state index in [1.807, 2.05) is 0 Å². The molecule has 174 valence electrons. The van der Waals surface area contributed by atoms with Crippen LogP contribution in [0.1, 0.15) is 18.4 Å². The maximum atomic E-state index is 15.4. The standard InChI is InChI=1S/C22H13Cl4FN4O3/c23-7-1-9-17(10(25)2-7)29-20(34)22(9)16-15(11-5-21(27)6-12(21)31(11)22)18(32)30(19(16)33)14-4-8(24)3-13(26)28-14/h1-4,11-12,15-16H,5-6H2,(H,29,34)/t11?,12?,15?,16?,21-,22?/m0/s1. The van der Waals surface area contributed by atoms with Gasteiger partial charge in [0.1, 0.15) is 22.2 Å². The first-order valence-corrected chi connectivity index (χ1v) is 12.1. The van der Waals surface area contributed by atoms with E-state index in [2.05, 4.69) is 10.3 Å². The molecule has 1 N–H and O–H groups in total. The van der Waals surface area contributed by atoms with Crippen molar-refractivity contribution in [2.24, 2.45) is 11.8 Å². The number of rotatable bonds is 1. The van der Waals surface area contributed by atoms with Crippen molar-refractivity contribution in [2.75, 3.05) is 10.2 Å². The number of hydrogen-bond donors (Lipinski definition) is 1. The molecule has 7 nitrogen and oxygen atoms in total. The first-order chi connectivity index (χ1) is 16.1. The van der Waals surface area contributed by atoms with E-state index >= 15 is 4.39 Å². The van der Waals surface area contributed by atoms with Crippen LogP contribution in [0.5, 0.6) is 0 Å². The van der Waals surface area contributed by atoms with Gasteiger partial charge in [-0.2, -0.15) is 0 Å². The van der Waals surface area contributed by atoms with E-state index in [-0.39, 0.29) is 38.9 Å². The highest BCUT2D eigenvalue weighted by atomic mass is 35.5. The van der Waals surface area contributed by atoms with Gasteiger partial charge in [0.2, 0.25) is 11.8 Å². The summed E-state index contributed by atoms with van der Waals surface area (Å²) < 4.78 is 15.4. The molecule has 1 aromatic carbocycles. The van der Waals surface area contributed by atoms with Crippen LogP contribution < -0.4 is 10.2 Å². The summed E-state index contributed by atoms with van der Waals surface area (Å²) in [5.74, 6) is -3.83. The van der Waals surface area contributed by atoms with E-state index in [0.717, 1.165) is 4.90 Å². The third-order valence-corrected chi connectivity index (χ3v) is 8.79. The molecule has 0 radical (unpaired) electrons. The highest BCUT2D eigenvalue weighted by molar-refractivity contribution is 6.38. The van der Waals surface area contributed by atoms with Crippen molar-refractivity contribution in [1.82, 2.24) is 9.88 Å². The number of benzene rings is 1. The Morgan fingerprint density at radius 1 is 1.00 bits per heavy atom. The molecule has 0 bridgehead atoms. The van der Waals surface area contributed by atoms with E-state index < -0.39 is 52.8 Å². The van der Waals surface area contributed by atoms with Gasteiger partial charge in [-0.1, -0.05) is 46.4 Å². The van der Waals surface area contributed by atoms with Gasteiger partial charge in [-0.25, -0.2) is 14.3 Å². The van der Waals surface area contributed by atoms with E-state index in [4.69, 9.17) is 46.4 Å². The zero-order valence-electron chi connectivity index (χ0n) is 17.0. The summed E-state index contributed by atoms with van der Waals surface area (Å²) in [5, 5.41) is 3.43. The molecule has 4 aliphatic heterocycles. The summed E-state index contributed by atoms with van der Waals surface area (Å²) >= 11 is 24.8. The molecule has 34 heavy (non-hydrogen) atoms. The van der Waals surface area contributed by atoms with Crippen LogP contribution in [-0.2, 0) is 19.9 Å². The molecule has 3 saturated heterocycles. The number of carbonyl (C=O) groups is 3. The van der Waals surface area contributed by atoms with Crippen molar-refractivity contribution < 1.29 is 18.8 Å². The number of aromatic nitrogens is 1. The Kier molecular flexibility index (Phi) is 4.03. The Morgan fingerprint density at radius 3 is 2.47 bits per heavy atom. The Hall–Kier alpha value is -1.97. The fraction of sp³-hybridized carbons (Fsp3) is 0.364. The maximum Gasteiger partial charge on any atom is 0.250 e. The SMILES string of the molecule is O=C1C2C3C[C@]4(F)CC4N3C3(C(=O)Nc4c(Cl)cc(Cl)cc43)C2C(=O)N1c1cc(Cl)cc(Cl)n1. The molecule has 6 atom stereocenters. The normalized spacial score (nSPS) is 37.2. The van der Waals surface area contributed by atoms with Crippen molar-refractivity contribution in [3.63, 3.8) is 0 Å². The summed E-state index contributed by atoms with van der Waals surface area (Å²) in [6.07, 6.45) is 0.285. The van der Waals surface area contributed by atoms with Crippen LogP contribution >= 0.6 is 46.4 Å². The van der Waals surface area contributed by atoms with Gasteiger partial charge in [0, 0.05) is 40.2 Å². The minimum atomic E-state index is -1.63. The van der Waals surface area contributed by atoms with Crippen molar-refractivity contribution in [3.05, 3.63) is 50.0 Å². The average molecular weight is 542 g/mol. The van der Waals surface area contributed by atoms with Gasteiger partial charge in [0.05, 0.1) is 22.5 Å². The highest BCUT2D eigenvalue weighted by Crippen LogP contribution is 2.70. The molecule has 1 aliphatic carbocycles. The predicted octanol–water partition coefficient (Wildman–Crippen LogP) is 4.22. The summed E-state index contributed by atoms with van der Waals surface area (Å²) in [5.41, 5.74) is -2.45. The largest absolute Gasteiger partial charge is 0.323 e. The Balaban J connectivity index is 1.47. The van der Waals surface area contributed by atoms with Crippen LogP contribution in [0.4, 0.5) is 15.9 Å². The van der Waals surface area contributed by atoms with E-state index in [0.29, 0.717) is 11.3 Å². The topological polar surface area (TPSA) is 82.6 Å². The third kappa shape index (κ3) is 2.34. The zero-order valence-corrected chi connectivity index (χ0v) is 20.0. The number of halogens is 5. The molecule has 2 aromatic rings. The highest BCUT2D eigenvalue weighted by Gasteiger charge is 2.83. The summed E-state index contributed by atoms with van der Waals surface area (Å²) in [6, 6.07) is 4.55. The maximum absolute atomic E-state index is 15.4. The lowest BCUT2D eigenvalue weighted by atomic mass is 9.75. The van der Waals surface area contributed by atoms with E-state index in [1.54, 1.807) is 11.0 Å². The van der Waals surface area contributed by atoms with Gasteiger partial charge in [0.15, 0.2) is 0 Å². The second kappa shape index (κ2) is 6.42. The Morgan fingerprint density at radius 2 is 1.74 bits per heavy atom. The third-order valence-electron chi connectivity index (χ3n) is 7.86. The molecule has 3 amide bonds. The molecular formula is C22H13Cl4FN4O3. The molecule has 7 rings (SSSR count). The lowest BCUT2D eigenvalue weighted by molar-refractivity contribution is -0.136. The molecular weight excluding hydrogens is 529 g/mol. The number of piperidine rings is 1. The van der Waals surface area contributed by atoms with Crippen molar-refractivity contribution in [2.45, 2.75) is 36.1 Å². The van der Waals surface area contributed by atoms with Crippen molar-refractivity contribution in [3.8, 4) is 0 Å². The molecule has 5 heterocycles. The number of pyridine rings is 1. The smallest absolute Gasteiger partial charge is 0.250 e. The quantitative estimate of drug-likeness (QED) is 0.432. The van der Waals surface area contributed by atoms with Gasteiger partial charge in [0.25, 0.3) is 5.91 Å². The number of nitrogens with zero attached hydrogens (tertiary/aromatic N) is 3. The van der Waals surface area contributed by atoms with Gasteiger partial charge < -0.3 is 5.32 Å². The van der Waals surface area contributed by atoms with Gasteiger partial charge in [-0.3, -0.25) is 19.3 Å². The molecule has 1 aromatic heterocycles. The van der Waals surface area contributed by atoms with Crippen LogP contribution in [0.25, 0.3) is 0 Å². The van der Waals surface area contributed by atoms with Gasteiger partial charge in [-0.15, -0.1) is 0 Å². The minimum absolute atomic E-state index is 0.00356. The second-order valence-corrected chi connectivity index (χ2v) is 11.1. The van der Waals surface area contributed by atoms with Gasteiger partial charge >= 0.3 is 0 Å². The van der Waals surface area contributed by atoms with Crippen molar-refractivity contribution >= 4 is 75.6 Å². The number of nitrogens with one attached hydrogen (secondary N) is 1. The first-order valence-electron chi connectivity index (χ1n) is 10.6. The summed E-state index contributed by atoms with van der Waals surface area (Å²) in [6.45, 7) is 0. The Labute approximate surface area is 212 Å². The zero-order chi connectivity index (χ0) is 23.9. The van der Waals surface area contributed by atoms with Crippen LogP contribution in [0.15, 0.2) is 24.3 Å². The number of alkyl halides is 1. The molecule has 4 fully saturated rings. The van der Waals surface area contributed by atoms with Crippen LogP contribution in [0.3, 0.4) is 0 Å². The summed E-state index contributed by atoms with van der Waals surface area (Å²) in [7, 11) is 0. The fourth-order valence-corrected chi connectivity index (χ4v) is 7.69. The van der Waals surface area contributed by atoms with E-state index in [9.17, 15) is 14.4 Å². The van der Waals surface area contributed by atoms with Crippen LogP contribution in [0.2, 0.25) is 20.2 Å². The fourth-order valence-electron chi connectivity index (χ4n) is 6.68. The molecule has 5 aliphatic rings. The van der Waals surface area contributed by atoms with E-state index in [1.165, 1.54) is 18.2 Å².